The Morgan fingerprint density at radius 2 is 2.10 bits per heavy atom. The van der Waals surface area contributed by atoms with Crippen LogP contribution in [0.4, 0.5) is 10.6 Å². The number of aryl methyl sites for hydroxylation is 1. The summed E-state index contributed by atoms with van der Waals surface area (Å²) in [6.45, 7) is 2.71. The number of nitrogens with zero attached hydrogens (tertiary/aromatic N) is 3. The van der Waals surface area contributed by atoms with E-state index >= 15 is 0 Å². The normalized spacial score (nSPS) is 15.6. The van der Waals surface area contributed by atoms with E-state index in [0.717, 1.165) is 0 Å². The predicted octanol–water partition coefficient (Wildman–Crippen LogP) is 1.76. The molecule has 2 rings (SSSR count). The minimum atomic E-state index is -0.879. The lowest BCUT2D eigenvalue weighted by atomic mass is 9.97. The number of piperidine rings is 1. The summed E-state index contributed by atoms with van der Waals surface area (Å²) in [5.41, 5.74) is 6.22. The average Bonchev–Trinajstić information content (AvgIpc) is 2.38. The number of nitrogens with two attached hydrogens (primary N) is 1. The maximum absolute atomic E-state index is 10.8. The van der Waals surface area contributed by atoms with Crippen molar-refractivity contribution < 1.29 is 9.90 Å². The van der Waals surface area contributed by atoms with Gasteiger partial charge in [-0.2, -0.15) is 0 Å². The maximum atomic E-state index is 10.8. The van der Waals surface area contributed by atoms with Gasteiger partial charge in [-0.15, -0.1) is 0 Å². The van der Waals surface area contributed by atoms with Gasteiger partial charge in [0.2, 0.25) is 0 Å². The molecule has 1 aromatic heterocycles. The zero-order valence-electron chi connectivity index (χ0n) is 11.1. The van der Waals surface area contributed by atoms with Crippen molar-refractivity contribution in [2.24, 2.45) is 5.92 Å². The van der Waals surface area contributed by atoms with Gasteiger partial charge in [0, 0.05) is 19.0 Å². The Balaban J connectivity index is 2.08. The Bertz CT molecular complexity index is 563. The Morgan fingerprint density at radius 3 is 2.65 bits per heavy atom. The molecular formula is C13H15ClN4O2. The number of hydrogen-bond acceptors (Lipinski definition) is 4. The minimum absolute atomic E-state index is 0.141. The van der Waals surface area contributed by atoms with Gasteiger partial charge in [-0.25, -0.2) is 14.8 Å². The van der Waals surface area contributed by atoms with Crippen LogP contribution >= 0.6 is 11.6 Å². The van der Waals surface area contributed by atoms with Crippen LogP contribution in [-0.4, -0.2) is 39.2 Å². The van der Waals surface area contributed by atoms with Gasteiger partial charge in [-0.3, -0.25) is 0 Å². The van der Waals surface area contributed by atoms with E-state index in [1.165, 1.54) is 4.90 Å². The fourth-order valence-electron chi connectivity index (χ4n) is 2.06. The van der Waals surface area contributed by atoms with Crippen molar-refractivity contribution in [3.05, 3.63) is 16.5 Å². The van der Waals surface area contributed by atoms with E-state index in [1.54, 1.807) is 6.92 Å². The highest BCUT2D eigenvalue weighted by Gasteiger charge is 2.20. The summed E-state index contributed by atoms with van der Waals surface area (Å²) in [7, 11) is 0. The number of likely N-dealkylation sites (tertiary alicyclic amines) is 1. The van der Waals surface area contributed by atoms with E-state index in [9.17, 15) is 4.79 Å². The van der Waals surface area contributed by atoms with Crippen LogP contribution in [-0.2, 0) is 0 Å². The summed E-state index contributed by atoms with van der Waals surface area (Å²) in [5.74, 6) is 6.93. The lowest BCUT2D eigenvalue weighted by Gasteiger charge is -2.27. The second kappa shape index (κ2) is 5.97. The number of carbonyl (C=O) groups is 1. The fourth-order valence-corrected chi connectivity index (χ4v) is 2.33. The van der Waals surface area contributed by atoms with Crippen LogP contribution in [0, 0.1) is 24.7 Å². The highest BCUT2D eigenvalue weighted by atomic mass is 35.5. The fraction of sp³-hybridized carbons (Fsp3) is 0.462. The molecule has 1 aromatic rings. The van der Waals surface area contributed by atoms with Crippen molar-refractivity contribution in [1.29, 1.82) is 0 Å². The molecule has 3 N–H and O–H groups in total. The number of nitrogen functional groups attached to an aromatic ring is 1. The summed E-state index contributed by atoms with van der Waals surface area (Å²) in [5, 5.41) is 9.13. The average molecular weight is 295 g/mol. The third-order valence-corrected chi connectivity index (χ3v) is 3.44. The number of carboxylic acid groups (broad SMARTS) is 1. The summed E-state index contributed by atoms with van der Waals surface area (Å²) in [4.78, 5) is 20.2. The van der Waals surface area contributed by atoms with Gasteiger partial charge in [0.1, 0.15) is 17.2 Å². The molecule has 1 aliphatic heterocycles. The molecule has 20 heavy (non-hydrogen) atoms. The molecule has 0 atom stereocenters. The molecule has 1 aliphatic rings. The molecule has 0 aromatic carbocycles. The highest BCUT2D eigenvalue weighted by Crippen LogP contribution is 2.19. The number of amides is 1. The number of aromatic nitrogens is 2. The zero-order chi connectivity index (χ0) is 14.7. The second-order valence-corrected chi connectivity index (χ2v) is 4.99. The van der Waals surface area contributed by atoms with Crippen molar-refractivity contribution in [2.45, 2.75) is 19.8 Å². The highest BCUT2D eigenvalue weighted by molar-refractivity contribution is 6.30. The van der Waals surface area contributed by atoms with Crippen LogP contribution in [0.2, 0.25) is 5.15 Å². The molecular weight excluding hydrogens is 280 g/mol. The molecule has 2 heterocycles. The first-order valence-electron chi connectivity index (χ1n) is 6.26. The Labute approximate surface area is 122 Å². The van der Waals surface area contributed by atoms with Crippen molar-refractivity contribution in [3.8, 4) is 11.8 Å². The van der Waals surface area contributed by atoms with Crippen LogP contribution in [0.3, 0.4) is 0 Å². The van der Waals surface area contributed by atoms with Gasteiger partial charge >= 0.3 is 6.09 Å². The molecule has 0 saturated carbocycles. The molecule has 0 unspecified atom stereocenters. The van der Waals surface area contributed by atoms with Gasteiger partial charge in [0.05, 0.1) is 0 Å². The first-order valence-corrected chi connectivity index (χ1v) is 6.64. The standard InChI is InChI=1S/C13H15ClN4O2/c1-8-16-11(14)10(12(15)17-8)3-2-9-4-6-18(7-5-9)13(19)20/h9H,4-7H2,1H3,(H,19,20)(H2,15,16,17). The quantitative estimate of drug-likeness (QED) is 0.562. The number of anilines is 1. The molecule has 6 nitrogen and oxygen atoms in total. The molecule has 0 bridgehead atoms. The Hall–Kier alpha value is -2.00. The monoisotopic (exact) mass is 294 g/mol. The van der Waals surface area contributed by atoms with Crippen molar-refractivity contribution >= 4 is 23.5 Å². The van der Waals surface area contributed by atoms with E-state index in [2.05, 4.69) is 21.8 Å². The lowest BCUT2D eigenvalue weighted by molar-refractivity contribution is 0.130. The lowest BCUT2D eigenvalue weighted by Crippen LogP contribution is -2.37. The summed E-state index contributed by atoms with van der Waals surface area (Å²) >= 11 is 6.00. The number of rotatable bonds is 0. The topological polar surface area (TPSA) is 92.3 Å². The molecule has 0 spiro atoms. The molecule has 1 fully saturated rings. The molecule has 0 radical (unpaired) electrons. The molecule has 1 amide bonds. The van der Waals surface area contributed by atoms with Crippen molar-refractivity contribution in [3.63, 3.8) is 0 Å². The van der Waals surface area contributed by atoms with E-state index in [1.807, 2.05) is 0 Å². The van der Waals surface area contributed by atoms with E-state index in [4.69, 9.17) is 22.4 Å². The van der Waals surface area contributed by atoms with E-state index in [0.29, 0.717) is 37.3 Å². The molecule has 106 valence electrons. The van der Waals surface area contributed by atoms with Crippen LogP contribution in [0.5, 0.6) is 0 Å². The molecule has 7 heteroatoms. The van der Waals surface area contributed by atoms with Gasteiger partial charge < -0.3 is 15.7 Å². The first kappa shape index (κ1) is 14.4. The van der Waals surface area contributed by atoms with E-state index in [-0.39, 0.29) is 16.9 Å². The Morgan fingerprint density at radius 1 is 1.45 bits per heavy atom. The molecule has 1 saturated heterocycles. The van der Waals surface area contributed by atoms with Crippen LogP contribution in [0.25, 0.3) is 0 Å². The van der Waals surface area contributed by atoms with Crippen LogP contribution in [0.15, 0.2) is 0 Å². The van der Waals surface area contributed by atoms with Crippen LogP contribution < -0.4 is 5.73 Å². The second-order valence-electron chi connectivity index (χ2n) is 4.64. The van der Waals surface area contributed by atoms with Crippen LogP contribution in [0.1, 0.15) is 24.2 Å². The van der Waals surface area contributed by atoms with Gasteiger partial charge in [-0.1, -0.05) is 23.4 Å². The summed E-state index contributed by atoms with van der Waals surface area (Å²) in [6.07, 6.45) is 0.545. The number of hydrogen-bond donors (Lipinski definition) is 2. The van der Waals surface area contributed by atoms with Crippen molar-refractivity contribution in [2.75, 3.05) is 18.8 Å². The first-order chi connectivity index (χ1) is 9.47. The van der Waals surface area contributed by atoms with Gasteiger partial charge in [-0.05, 0) is 19.8 Å². The third kappa shape index (κ3) is 3.31. The zero-order valence-corrected chi connectivity index (χ0v) is 11.8. The SMILES string of the molecule is Cc1nc(N)c(C#CC2CCN(C(=O)O)CC2)c(Cl)n1. The summed E-state index contributed by atoms with van der Waals surface area (Å²) in [6, 6.07) is 0. The van der Waals surface area contributed by atoms with Gasteiger partial charge in [0.15, 0.2) is 5.15 Å². The molecule has 0 aliphatic carbocycles. The van der Waals surface area contributed by atoms with Gasteiger partial charge in [0.25, 0.3) is 0 Å². The predicted molar refractivity (Wildman–Crippen MR) is 75.4 cm³/mol. The van der Waals surface area contributed by atoms with E-state index < -0.39 is 6.09 Å². The Kier molecular flexibility index (Phi) is 4.30. The minimum Gasteiger partial charge on any atom is -0.465 e. The smallest absolute Gasteiger partial charge is 0.407 e. The van der Waals surface area contributed by atoms with Crippen molar-refractivity contribution in [1.82, 2.24) is 14.9 Å². The largest absolute Gasteiger partial charge is 0.465 e. The number of halogens is 1. The third-order valence-electron chi connectivity index (χ3n) is 3.17. The summed E-state index contributed by atoms with van der Waals surface area (Å²) < 4.78 is 0. The maximum Gasteiger partial charge on any atom is 0.407 e.